The quantitative estimate of drug-likeness (QED) is 0.427. The Hall–Kier alpha value is -3.06. The maximum atomic E-state index is 13.5. The molecule has 1 amide bonds. The SMILES string of the molecule is COCC1CCCN1c1ccc2c(C(=O)NCC(c3cnc(C(F)(F)F)nc3)N3CCOCC3)c(Cl)ccc2n1. The fourth-order valence-electron chi connectivity index (χ4n) is 5.34. The van der Waals surface area contributed by atoms with Gasteiger partial charge < -0.3 is 19.7 Å². The predicted octanol–water partition coefficient (Wildman–Crippen LogP) is 4.12. The molecule has 5 rings (SSSR count). The molecule has 0 radical (unpaired) electrons. The molecule has 0 aliphatic carbocycles. The molecule has 214 valence electrons. The molecule has 2 fully saturated rings. The number of hydrogen-bond donors (Lipinski definition) is 1. The van der Waals surface area contributed by atoms with Gasteiger partial charge in [0.2, 0.25) is 5.82 Å². The number of rotatable bonds is 8. The molecule has 13 heteroatoms. The summed E-state index contributed by atoms with van der Waals surface area (Å²) in [5.41, 5.74) is 1.38. The molecule has 2 aliphatic heterocycles. The van der Waals surface area contributed by atoms with Gasteiger partial charge in [0.15, 0.2) is 0 Å². The number of morpholine rings is 1. The van der Waals surface area contributed by atoms with Crippen LogP contribution in [0.2, 0.25) is 5.02 Å². The number of halogens is 4. The van der Waals surface area contributed by atoms with E-state index in [1.54, 1.807) is 19.2 Å². The number of methoxy groups -OCH3 is 1. The number of fused-ring (bicyclic) bond motifs is 1. The van der Waals surface area contributed by atoms with Gasteiger partial charge in [0.05, 0.1) is 48.0 Å². The number of alkyl halides is 3. The Morgan fingerprint density at radius 2 is 1.93 bits per heavy atom. The second kappa shape index (κ2) is 12.2. The molecule has 0 saturated carbocycles. The standard InChI is InChI=1S/C27H30ClF3N6O3/c1-39-16-18-3-2-8-37(18)23-7-4-19-21(35-23)6-5-20(28)24(19)25(38)32-15-22(36-9-11-40-12-10-36)17-13-33-26(34-14-17)27(29,30)31/h4-7,13-14,18,22H,2-3,8-12,15-16H2,1H3,(H,32,38). The summed E-state index contributed by atoms with van der Waals surface area (Å²) < 4.78 is 49.8. The highest BCUT2D eigenvalue weighted by Gasteiger charge is 2.35. The number of anilines is 1. The summed E-state index contributed by atoms with van der Waals surface area (Å²) in [5, 5.41) is 3.81. The number of amides is 1. The lowest BCUT2D eigenvalue weighted by Gasteiger charge is -2.34. The van der Waals surface area contributed by atoms with Crippen LogP contribution in [0.1, 0.15) is 40.6 Å². The van der Waals surface area contributed by atoms with Crippen LogP contribution in [-0.4, -0.2) is 84.9 Å². The zero-order valence-electron chi connectivity index (χ0n) is 22.0. The molecule has 4 heterocycles. The van der Waals surface area contributed by atoms with Crippen molar-refractivity contribution in [2.75, 3.05) is 58.0 Å². The average Bonchev–Trinajstić information content (AvgIpc) is 3.41. The third kappa shape index (κ3) is 6.14. The van der Waals surface area contributed by atoms with E-state index in [0.717, 1.165) is 37.6 Å². The van der Waals surface area contributed by atoms with E-state index in [2.05, 4.69) is 20.2 Å². The van der Waals surface area contributed by atoms with E-state index in [0.29, 0.717) is 49.4 Å². The van der Waals surface area contributed by atoms with Crippen molar-refractivity contribution in [1.29, 1.82) is 0 Å². The molecule has 2 saturated heterocycles. The normalized spacial score (nSPS) is 19.2. The van der Waals surface area contributed by atoms with E-state index in [-0.39, 0.29) is 23.2 Å². The first-order chi connectivity index (χ1) is 19.3. The van der Waals surface area contributed by atoms with Gasteiger partial charge in [0.1, 0.15) is 5.82 Å². The van der Waals surface area contributed by atoms with Crippen LogP contribution in [0.15, 0.2) is 36.7 Å². The van der Waals surface area contributed by atoms with Crippen LogP contribution in [-0.2, 0) is 15.7 Å². The average molecular weight is 579 g/mol. The third-order valence-electron chi connectivity index (χ3n) is 7.32. The van der Waals surface area contributed by atoms with Crippen molar-refractivity contribution < 1.29 is 27.4 Å². The number of hydrogen-bond acceptors (Lipinski definition) is 8. The molecule has 9 nitrogen and oxygen atoms in total. The molecule has 0 bridgehead atoms. The number of benzene rings is 1. The van der Waals surface area contributed by atoms with E-state index in [4.69, 9.17) is 26.1 Å². The summed E-state index contributed by atoms with van der Waals surface area (Å²) in [6.45, 7) is 3.63. The summed E-state index contributed by atoms with van der Waals surface area (Å²) in [6, 6.07) is 6.96. The van der Waals surface area contributed by atoms with Crippen LogP contribution < -0.4 is 10.2 Å². The lowest BCUT2D eigenvalue weighted by molar-refractivity contribution is -0.145. The first kappa shape index (κ1) is 28.5. The molecule has 2 atom stereocenters. The van der Waals surface area contributed by atoms with E-state index in [9.17, 15) is 18.0 Å². The monoisotopic (exact) mass is 578 g/mol. The Morgan fingerprint density at radius 1 is 1.18 bits per heavy atom. The molecule has 1 N–H and O–H groups in total. The minimum Gasteiger partial charge on any atom is -0.383 e. The molecule has 1 aromatic carbocycles. The van der Waals surface area contributed by atoms with Gasteiger partial charge in [0.25, 0.3) is 5.91 Å². The van der Waals surface area contributed by atoms with Crippen molar-refractivity contribution in [3.63, 3.8) is 0 Å². The van der Waals surface area contributed by atoms with E-state index < -0.39 is 23.9 Å². The summed E-state index contributed by atoms with van der Waals surface area (Å²) in [5.74, 6) is -0.803. The molecule has 40 heavy (non-hydrogen) atoms. The molecule has 3 aromatic rings. The second-order valence-electron chi connectivity index (χ2n) is 9.82. The van der Waals surface area contributed by atoms with Crippen LogP contribution in [0, 0.1) is 0 Å². The van der Waals surface area contributed by atoms with Crippen molar-refractivity contribution in [2.24, 2.45) is 0 Å². The Kier molecular flexibility index (Phi) is 8.69. The van der Waals surface area contributed by atoms with Crippen LogP contribution in [0.3, 0.4) is 0 Å². The highest BCUT2D eigenvalue weighted by Crippen LogP contribution is 2.31. The highest BCUT2D eigenvalue weighted by molar-refractivity contribution is 6.35. The van der Waals surface area contributed by atoms with Crippen LogP contribution in [0.4, 0.5) is 19.0 Å². The number of ether oxygens (including phenoxy) is 2. The van der Waals surface area contributed by atoms with E-state index in [1.807, 2.05) is 17.0 Å². The molecular weight excluding hydrogens is 549 g/mol. The summed E-state index contributed by atoms with van der Waals surface area (Å²) in [6.07, 6.45) is -0.243. The Balaban J connectivity index is 1.38. The van der Waals surface area contributed by atoms with Gasteiger partial charge in [-0.2, -0.15) is 13.2 Å². The number of nitrogens with zero attached hydrogens (tertiary/aromatic N) is 5. The lowest BCUT2D eigenvalue weighted by Crippen LogP contribution is -2.44. The molecule has 2 unspecified atom stereocenters. The van der Waals surface area contributed by atoms with Crippen molar-refractivity contribution in [2.45, 2.75) is 31.1 Å². The van der Waals surface area contributed by atoms with Gasteiger partial charge >= 0.3 is 6.18 Å². The van der Waals surface area contributed by atoms with Crippen molar-refractivity contribution in [3.8, 4) is 0 Å². The minimum atomic E-state index is -4.64. The summed E-state index contributed by atoms with van der Waals surface area (Å²) in [4.78, 5) is 29.6. The number of carbonyl (C=O) groups excluding carboxylic acids is 1. The lowest BCUT2D eigenvalue weighted by atomic mass is 10.1. The number of carbonyl (C=O) groups is 1. The predicted molar refractivity (Wildman–Crippen MR) is 143 cm³/mol. The molecule has 2 aromatic heterocycles. The van der Waals surface area contributed by atoms with Gasteiger partial charge in [-0.15, -0.1) is 0 Å². The van der Waals surface area contributed by atoms with Crippen LogP contribution in [0.5, 0.6) is 0 Å². The first-order valence-corrected chi connectivity index (χ1v) is 13.5. The van der Waals surface area contributed by atoms with Crippen molar-refractivity contribution in [3.05, 3.63) is 58.6 Å². The molecular formula is C27H30ClF3N6O3. The zero-order valence-corrected chi connectivity index (χ0v) is 22.7. The fraction of sp³-hybridized carbons (Fsp3) is 0.481. The first-order valence-electron chi connectivity index (χ1n) is 13.1. The van der Waals surface area contributed by atoms with Gasteiger partial charge in [-0.1, -0.05) is 11.6 Å². The number of nitrogens with one attached hydrogen (secondary N) is 1. The second-order valence-corrected chi connectivity index (χ2v) is 10.2. The molecule has 0 spiro atoms. The Labute approximate surface area is 234 Å². The van der Waals surface area contributed by atoms with Gasteiger partial charge in [-0.3, -0.25) is 9.69 Å². The fourth-order valence-corrected chi connectivity index (χ4v) is 5.59. The van der Waals surface area contributed by atoms with Gasteiger partial charge in [-0.25, -0.2) is 15.0 Å². The summed E-state index contributed by atoms with van der Waals surface area (Å²) >= 11 is 6.50. The van der Waals surface area contributed by atoms with E-state index in [1.165, 1.54) is 0 Å². The zero-order chi connectivity index (χ0) is 28.3. The maximum absolute atomic E-state index is 13.5. The number of pyridine rings is 1. The van der Waals surface area contributed by atoms with Crippen molar-refractivity contribution >= 4 is 34.2 Å². The largest absolute Gasteiger partial charge is 0.451 e. The van der Waals surface area contributed by atoms with E-state index >= 15 is 0 Å². The van der Waals surface area contributed by atoms with Crippen molar-refractivity contribution in [1.82, 2.24) is 25.2 Å². The minimum absolute atomic E-state index is 0.109. The van der Waals surface area contributed by atoms with Gasteiger partial charge in [-0.05, 0) is 37.1 Å². The summed E-state index contributed by atoms with van der Waals surface area (Å²) in [7, 11) is 1.69. The third-order valence-corrected chi connectivity index (χ3v) is 7.63. The smallest absolute Gasteiger partial charge is 0.383 e. The van der Waals surface area contributed by atoms with Gasteiger partial charge in [0, 0.05) is 56.6 Å². The number of aromatic nitrogens is 3. The highest BCUT2D eigenvalue weighted by atomic mass is 35.5. The molecule has 2 aliphatic rings. The van der Waals surface area contributed by atoms with Crippen LogP contribution in [0.25, 0.3) is 10.9 Å². The van der Waals surface area contributed by atoms with Crippen LogP contribution >= 0.6 is 11.6 Å². The maximum Gasteiger partial charge on any atom is 0.451 e. The topological polar surface area (TPSA) is 92.7 Å². The Morgan fingerprint density at radius 3 is 2.62 bits per heavy atom. The Bertz CT molecular complexity index is 1340.